The molecule has 0 unspecified atom stereocenters. The van der Waals surface area contributed by atoms with Gasteiger partial charge in [-0.25, -0.2) is 0 Å². The van der Waals surface area contributed by atoms with E-state index < -0.39 is 0 Å². The number of allylic oxidation sites excluding steroid dienone is 1. The Bertz CT molecular complexity index is 478. The fraction of sp³-hybridized carbons (Fsp3) is 0.625. The van der Waals surface area contributed by atoms with Crippen LogP contribution in [-0.4, -0.2) is 28.5 Å². The Hall–Kier alpha value is -1.22. The molecule has 3 aliphatic carbocycles. The van der Waals surface area contributed by atoms with Crippen LogP contribution in [0.5, 0.6) is 0 Å². The summed E-state index contributed by atoms with van der Waals surface area (Å²) >= 11 is 0. The fourth-order valence-corrected chi connectivity index (χ4v) is 3.71. The second-order valence-corrected chi connectivity index (χ2v) is 6.69. The Morgan fingerprint density at radius 1 is 1.32 bits per heavy atom. The van der Waals surface area contributed by atoms with Crippen molar-refractivity contribution in [3.8, 4) is 0 Å². The smallest absolute Gasteiger partial charge is 0.0726 e. The van der Waals surface area contributed by atoms with Crippen LogP contribution in [0.15, 0.2) is 30.2 Å². The van der Waals surface area contributed by atoms with Gasteiger partial charge < -0.3 is 0 Å². The first kappa shape index (κ1) is 12.8. The molecule has 0 aliphatic heterocycles. The molecule has 0 saturated heterocycles. The van der Waals surface area contributed by atoms with Gasteiger partial charge in [-0.05, 0) is 37.1 Å². The van der Waals surface area contributed by atoms with Crippen LogP contribution in [0, 0.1) is 17.3 Å². The van der Waals surface area contributed by atoms with E-state index in [4.69, 9.17) is 0 Å². The van der Waals surface area contributed by atoms with Crippen molar-refractivity contribution < 1.29 is 0 Å². The van der Waals surface area contributed by atoms with Gasteiger partial charge in [-0.15, -0.1) is 0 Å². The van der Waals surface area contributed by atoms with Gasteiger partial charge >= 0.3 is 0 Å². The van der Waals surface area contributed by atoms with E-state index in [1.807, 2.05) is 6.20 Å². The van der Waals surface area contributed by atoms with Gasteiger partial charge in [-0.1, -0.05) is 25.5 Å². The molecule has 1 heterocycles. The van der Waals surface area contributed by atoms with Crippen molar-refractivity contribution in [3.05, 3.63) is 35.9 Å². The molecule has 3 nitrogen and oxygen atoms in total. The van der Waals surface area contributed by atoms with Crippen molar-refractivity contribution in [2.45, 2.75) is 33.2 Å². The first-order valence-corrected chi connectivity index (χ1v) is 7.19. The Balaban J connectivity index is 1.61. The first-order valence-electron chi connectivity index (χ1n) is 7.19. The third kappa shape index (κ3) is 2.32. The molecule has 1 fully saturated rings. The molecule has 2 atom stereocenters. The summed E-state index contributed by atoms with van der Waals surface area (Å²) in [6.45, 7) is 6.81. The highest BCUT2D eigenvalue weighted by molar-refractivity contribution is 5.24. The van der Waals surface area contributed by atoms with Crippen molar-refractivity contribution in [2.75, 3.05) is 13.6 Å². The van der Waals surface area contributed by atoms with E-state index in [-0.39, 0.29) is 0 Å². The van der Waals surface area contributed by atoms with Crippen LogP contribution in [0.25, 0.3) is 0 Å². The molecule has 0 spiro atoms. The molecule has 19 heavy (non-hydrogen) atoms. The lowest BCUT2D eigenvalue weighted by atomic mass is 9.49. The molecule has 4 rings (SSSR count). The molecule has 2 bridgehead atoms. The standard InChI is InChI=1S/C16H23N3/c1-16(2)13-5-4-12(15(16)8-13)10-19(3)11-14-9-17-6-7-18-14/h4,6-7,9,13,15H,5,8,10-11H2,1-3H3/t13-,15-/m0/s1. The van der Waals surface area contributed by atoms with E-state index in [0.29, 0.717) is 5.41 Å². The second-order valence-electron chi connectivity index (χ2n) is 6.69. The number of hydrogen-bond acceptors (Lipinski definition) is 3. The summed E-state index contributed by atoms with van der Waals surface area (Å²) in [6, 6.07) is 0. The highest BCUT2D eigenvalue weighted by Crippen LogP contribution is 2.59. The average Bonchev–Trinajstić information content (AvgIpc) is 2.39. The summed E-state index contributed by atoms with van der Waals surface area (Å²) in [5.41, 5.74) is 3.21. The third-order valence-electron chi connectivity index (χ3n) is 5.08. The average molecular weight is 257 g/mol. The van der Waals surface area contributed by atoms with Crippen molar-refractivity contribution in [2.24, 2.45) is 17.3 Å². The van der Waals surface area contributed by atoms with Crippen LogP contribution in [0.1, 0.15) is 32.4 Å². The summed E-state index contributed by atoms with van der Waals surface area (Å²) in [5, 5.41) is 0. The van der Waals surface area contributed by atoms with Crippen LogP contribution in [-0.2, 0) is 6.54 Å². The van der Waals surface area contributed by atoms with Crippen molar-refractivity contribution in [1.29, 1.82) is 0 Å². The van der Waals surface area contributed by atoms with Gasteiger partial charge in [-0.2, -0.15) is 0 Å². The summed E-state index contributed by atoms with van der Waals surface area (Å²) in [7, 11) is 2.17. The third-order valence-corrected chi connectivity index (χ3v) is 5.08. The maximum absolute atomic E-state index is 4.35. The molecule has 3 heteroatoms. The van der Waals surface area contributed by atoms with Crippen molar-refractivity contribution >= 4 is 0 Å². The van der Waals surface area contributed by atoms with E-state index in [1.165, 1.54) is 12.8 Å². The molecule has 0 amide bonds. The van der Waals surface area contributed by atoms with E-state index in [9.17, 15) is 0 Å². The Morgan fingerprint density at radius 2 is 2.16 bits per heavy atom. The number of nitrogens with zero attached hydrogens (tertiary/aromatic N) is 3. The van der Waals surface area contributed by atoms with Gasteiger partial charge in [0.15, 0.2) is 0 Å². The molecular weight excluding hydrogens is 234 g/mol. The van der Waals surface area contributed by atoms with E-state index >= 15 is 0 Å². The number of hydrogen-bond donors (Lipinski definition) is 0. The zero-order valence-corrected chi connectivity index (χ0v) is 12.1. The number of aromatic nitrogens is 2. The Kier molecular flexibility index (Phi) is 3.17. The van der Waals surface area contributed by atoms with Gasteiger partial charge in [-0.3, -0.25) is 14.9 Å². The number of rotatable bonds is 4. The minimum absolute atomic E-state index is 0.525. The molecule has 1 aromatic heterocycles. The molecule has 0 radical (unpaired) electrons. The first-order chi connectivity index (χ1) is 9.07. The topological polar surface area (TPSA) is 29.0 Å². The Morgan fingerprint density at radius 3 is 2.79 bits per heavy atom. The Labute approximate surface area is 115 Å². The largest absolute Gasteiger partial charge is 0.297 e. The van der Waals surface area contributed by atoms with E-state index in [2.05, 4.69) is 41.8 Å². The normalized spacial score (nSPS) is 27.9. The molecule has 0 N–H and O–H groups in total. The lowest BCUT2D eigenvalue weighted by Crippen LogP contribution is -2.49. The van der Waals surface area contributed by atoms with Crippen LogP contribution < -0.4 is 0 Å². The van der Waals surface area contributed by atoms with Gasteiger partial charge in [0.1, 0.15) is 0 Å². The summed E-state index contributed by atoms with van der Waals surface area (Å²) in [4.78, 5) is 10.8. The molecule has 1 saturated carbocycles. The monoisotopic (exact) mass is 257 g/mol. The van der Waals surface area contributed by atoms with Crippen LogP contribution >= 0.6 is 0 Å². The van der Waals surface area contributed by atoms with Crippen LogP contribution in [0.4, 0.5) is 0 Å². The lowest BCUT2D eigenvalue weighted by molar-refractivity contribution is -0.0102. The van der Waals surface area contributed by atoms with Crippen molar-refractivity contribution in [3.63, 3.8) is 0 Å². The minimum Gasteiger partial charge on any atom is -0.297 e. The predicted octanol–water partition coefficient (Wildman–Crippen LogP) is 2.90. The van der Waals surface area contributed by atoms with Crippen molar-refractivity contribution in [1.82, 2.24) is 14.9 Å². The van der Waals surface area contributed by atoms with E-state index in [0.717, 1.165) is 30.6 Å². The number of fused-ring (bicyclic) bond motifs is 1. The van der Waals surface area contributed by atoms with Gasteiger partial charge in [0.25, 0.3) is 0 Å². The predicted molar refractivity (Wildman–Crippen MR) is 76.4 cm³/mol. The van der Waals surface area contributed by atoms with E-state index in [1.54, 1.807) is 18.0 Å². The highest BCUT2D eigenvalue weighted by Gasteiger charge is 2.50. The van der Waals surface area contributed by atoms with Crippen LogP contribution in [0.3, 0.4) is 0 Å². The maximum Gasteiger partial charge on any atom is 0.0726 e. The van der Waals surface area contributed by atoms with Crippen LogP contribution in [0.2, 0.25) is 0 Å². The van der Waals surface area contributed by atoms with Gasteiger partial charge in [0, 0.05) is 31.7 Å². The summed E-state index contributed by atoms with van der Waals surface area (Å²) in [6.07, 6.45) is 10.5. The second kappa shape index (κ2) is 4.71. The zero-order valence-electron chi connectivity index (χ0n) is 12.1. The molecule has 102 valence electrons. The SMILES string of the molecule is CN(CC1=CC[C@H]2C[C@@H]1C2(C)C)Cc1cnccn1. The lowest BCUT2D eigenvalue weighted by Gasteiger charge is -2.57. The summed E-state index contributed by atoms with van der Waals surface area (Å²) in [5.74, 6) is 1.72. The zero-order chi connectivity index (χ0) is 13.5. The molecule has 1 aromatic rings. The molecule has 3 aliphatic rings. The fourth-order valence-electron chi connectivity index (χ4n) is 3.71. The number of likely N-dealkylation sites (N-methyl/N-ethyl adjacent to an activating group) is 1. The maximum atomic E-state index is 4.35. The summed E-state index contributed by atoms with van der Waals surface area (Å²) < 4.78 is 0. The molecular formula is C16H23N3. The van der Waals surface area contributed by atoms with Gasteiger partial charge in [0.05, 0.1) is 5.69 Å². The van der Waals surface area contributed by atoms with Gasteiger partial charge in [0.2, 0.25) is 0 Å². The molecule has 0 aromatic carbocycles. The highest BCUT2D eigenvalue weighted by atomic mass is 15.1. The minimum atomic E-state index is 0.525. The quantitative estimate of drug-likeness (QED) is 0.777.